The molecule has 0 amide bonds. The molecule has 0 bridgehead atoms. The molecule has 0 saturated carbocycles. The molecule has 78 valence electrons. The lowest BCUT2D eigenvalue weighted by molar-refractivity contribution is 0.239. The first-order chi connectivity index (χ1) is 6.72. The van der Waals surface area contributed by atoms with Crippen LogP contribution in [0.5, 0.6) is 5.19 Å². The molecule has 1 aromatic heterocycles. The second-order valence-electron chi connectivity index (χ2n) is 2.67. The van der Waals surface area contributed by atoms with Gasteiger partial charge in [-0.25, -0.2) is 0 Å². The number of hydrogen-bond acceptors (Lipinski definition) is 5. The van der Waals surface area contributed by atoms with Gasteiger partial charge in [0.15, 0.2) is 4.34 Å². The molecule has 1 aromatic rings. The van der Waals surface area contributed by atoms with Crippen LogP contribution in [0.3, 0.4) is 0 Å². The molecule has 0 atom stereocenters. The van der Waals surface area contributed by atoms with Crippen molar-refractivity contribution in [1.82, 2.24) is 10.2 Å². The van der Waals surface area contributed by atoms with E-state index < -0.39 is 0 Å². The summed E-state index contributed by atoms with van der Waals surface area (Å²) in [5, 5.41) is 8.50. The van der Waals surface area contributed by atoms with E-state index in [0.717, 1.165) is 10.1 Å². The van der Waals surface area contributed by atoms with Crippen LogP contribution in [-0.2, 0) is 0 Å². The van der Waals surface area contributed by atoms with Gasteiger partial charge in [-0.3, -0.25) is 0 Å². The van der Waals surface area contributed by atoms with Gasteiger partial charge < -0.3 is 4.74 Å². The molecule has 3 nitrogen and oxygen atoms in total. The molecule has 0 N–H and O–H groups in total. The van der Waals surface area contributed by atoms with E-state index in [1.165, 1.54) is 16.9 Å². The highest BCUT2D eigenvalue weighted by Gasteiger charge is 2.06. The topological polar surface area (TPSA) is 35.0 Å². The van der Waals surface area contributed by atoms with Crippen molar-refractivity contribution in [3.05, 3.63) is 11.6 Å². The summed E-state index contributed by atoms with van der Waals surface area (Å²) in [6.45, 7) is 3.93. The first-order valence-corrected chi connectivity index (χ1v) is 6.34. The van der Waals surface area contributed by atoms with Crippen LogP contribution in [0.4, 0.5) is 0 Å². The summed E-state index contributed by atoms with van der Waals surface area (Å²) < 4.78 is 6.29. The van der Waals surface area contributed by atoms with Crippen molar-refractivity contribution >= 4 is 34.7 Å². The van der Waals surface area contributed by atoms with Gasteiger partial charge in [-0.15, -0.1) is 5.10 Å². The first kappa shape index (κ1) is 11.8. The van der Waals surface area contributed by atoms with Crippen LogP contribution in [0, 0.1) is 0 Å². The molecule has 1 rings (SSSR count). The minimum absolute atomic E-state index is 0.142. The highest BCUT2D eigenvalue weighted by atomic mass is 35.5. The third-order valence-corrected chi connectivity index (χ3v) is 3.19. The lowest BCUT2D eigenvalue weighted by Gasteiger charge is -2.02. The van der Waals surface area contributed by atoms with Crippen molar-refractivity contribution in [2.75, 3.05) is 5.75 Å². The van der Waals surface area contributed by atoms with Gasteiger partial charge in [-0.1, -0.05) is 34.5 Å². The third kappa shape index (κ3) is 4.30. The number of halogens is 1. The zero-order valence-electron chi connectivity index (χ0n) is 7.94. The molecule has 0 saturated heterocycles. The predicted molar refractivity (Wildman–Crippen MR) is 61.4 cm³/mol. The number of thioether (sulfide) groups is 1. The fraction of sp³-hybridized carbons (Fsp3) is 0.500. The average molecular weight is 251 g/mol. The molecule has 1 heterocycles. The van der Waals surface area contributed by atoms with E-state index in [0.29, 0.717) is 5.19 Å². The van der Waals surface area contributed by atoms with Crippen LogP contribution in [-0.4, -0.2) is 22.1 Å². The lowest BCUT2D eigenvalue weighted by atomic mass is 10.5. The van der Waals surface area contributed by atoms with E-state index in [1.54, 1.807) is 11.8 Å². The summed E-state index contributed by atoms with van der Waals surface area (Å²) in [6.07, 6.45) is 2.00. The van der Waals surface area contributed by atoms with Crippen LogP contribution in [0.2, 0.25) is 0 Å². The summed E-state index contributed by atoms with van der Waals surface area (Å²) in [4.78, 5) is 0. The van der Waals surface area contributed by atoms with Gasteiger partial charge in [0.1, 0.15) is 0 Å². The Hall–Kier alpha value is -0.260. The molecule has 14 heavy (non-hydrogen) atoms. The summed E-state index contributed by atoms with van der Waals surface area (Å²) in [5.74, 6) is 0.805. The van der Waals surface area contributed by atoms with E-state index >= 15 is 0 Å². The van der Waals surface area contributed by atoms with Crippen molar-refractivity contribution in [3.63, 3.8) is 0 Å². The number of hydrogen-bond donors (Lipinski definition) is 0. The van der Waals surface area contributed by atoms with E-state index in [-0.39, 0.29) is 6.10 Å². The fourth-order valence-electron chi connectivity index (χ4n) is 0.661. The molecule has 6 heteroatoms. The van der Waals surface area contributed by atoms with Gasteiger partial charge in [-0.05, 0) is 25.2 Å². The molecular formula is C8H11ClN2OS2. The lowest BCUT2D eigenvalue weighted by Crippen LogP contribution is -2.04. The quantitative estimate of drug-likeness (QED) is 0.752. The largest absolute Gasteiger partial charge is 0.466 e. The zero-order chi connectivity index (χ0) is 10.4. The van der Waals surface area contributed by atoms with E-state index in [1.807, 2.05) is 19.9 Å². The highest BCUT2D eigenvalue weighted by Crippen LogP contribution is 2.27. The van der Waals surface area contributed by atoms with Crippen LogP contribution >= 0.6 is 34.7 Å². The molecule has 0 aromatic carbocycles. The van der Waals surface area contributed by atoms with Crippen LogP contribution in [0.1, 0.15) is 13.8 Å². The Morgan fingerprint density at radius 1 is 1.57 bits per heavy atom. The van der Waals surface area contributed by atoms with Gasteiger partial charge >= 0.3 is 0 Å². The smallest absolute Gasteiger partial charge is 0.295 e. The molecule has 0 spiro atoms. The van der Waals surface area contributed by atoms with Gasteiger partial charge in [0.2, 0.25) is 0 Å². The molecular weight excluding hydrogens is 240 g/mol. The van der Waals surface area contributed by atoms with Crippen LogP contribution < -0.4 is 4.74 Å². The second-order valence-corrected chi connectivity index (χ2v) is 5.13. The Labute approximate surface area is 96.5 Å². The monoisotopic (exact) mass is 250 g/mol. The molecule has 0 unspecified atom stereocenters. The van der Waals surface area contributed by atoms with E-state index in [9.17, 15) is 0 Å². The first-order valence-electron chi connectivity index (χ1n) is 4.10. The summed E-state index contributed by atoms with van der Waals surface area (Å²) in [6, 6.07) is 0. The summed E-state index contributed by atoms with van der Waals surface area (Å²) in [5.41, 5.74) is 1.50. The fourth-order valence-corrected chi connectivity index (χ4v) is 2.50. The standard InChI is InChI=1S/C8H11ClN2OS2/c1-6(2)12-7-10-11-8(14-7)13-5-3-4-9/h3-4,6H,5H2,1-2H3/b4-3+. The van der Waals surface area contributed by atoms with Crippen LogP contribution in [0.15, 0.2) is 16.0 Å². The Morgan fingerprint density at radius 3 is 3.00 bits per heavy atom. The Kier molecular flexibility index (Phi) is 5.29. The summed E-state index contributed by atoms with van der Waals surface area (Å²) >= 11 is 8.43. The van der Waals surface area contributed by atoms with Gasteiger partial charge in [-0.2, -0.15) is 0 Å². The Bertz CT molecular complexity index is 301. The molecule has 0 aliphatic rings. The number of nitrogens with zero attached hydrogens (tertiary/aromatic N) is 2. The normalized spacial score (nSPS) is 11.4. The Morgan fingerprint density at radius 2 is 2.36 bits per heavy atom. The summed E-state index contributed by atoms with van der Waals surface area (Å²) in [7, 11) is 0. The van der Waals surface area contributed by atoms with Crippen molar-refractivity contribution in [3.8, 4) is 5.19 Å². The average Bonchev–Trinajstić information content (AvgIpc) is 2.52. The molecule has 0 aliphatic carbocycles. The molecule has 0 radical (unpaired) electrons. The van der Waals surface area contributed by atoms with Crippen molar-refractivity contribution in [2.24, 2.45) is 0 Å². The zero-order valence-corrected chi connectivity index (χ0v) is 10.3. The second kappa shape index (κ2) is 6.27. The third-order valence-electron chi connectivity index (χ3n) is 1.12. The number of aromatic nitrogens is 2. The predicted octanol–water partition coefficient (Wildman–Crippen LogP) is 3.17. The van der Waals surface area contributed by atoms with E-state index in [4.69, 9.17) is 16.3 Å². The molecule has 0 aliphatic heterocycles. The van der Waals surface area contributed by atoms with Gasteiger partial charge in [0, 0.05) is 11.3 Å². The minimum Gasteiger partial charge on any atom is -0.466 e. The highest BCUT2D eigenvalue weighted by molar-refractivity contribution is 8.01. The maximum atomic E-state index is 5.39. The van der Waals surface area contributed by atoms with E-state index in [2.05, 4.69) is 10.2 Å². The van der Waals surface area contributed by atoms with Crippen LogP contribution in [0.25, 0.3) is 0 Å². The maximum Gasteiger partial charge on any atom is 0.295 e. The number of rotatable bonds is 5. The number of ether oxygens (including phenoxy) is 1. The van der Waals surface area contributed by atoms with Crippen molar-refractivity contribution in [1.29, 1.82) is 0 Å². The SMILES string of the molecule is CC(C)Oc1nnc(SC/C=C/Cl)s1. The maximum absolute atomic E-state index is 5.39. The van der Waals surface area contributed by atoms with Gasteiger partial charge in [0.25, 0.3) is 5.19 Å². The van der Waals surface area contributed by atoms with Crippen molar-refractivity contribution < 1.29 is 4.74 Å². The van der Waals surface area contributed by atoms with Crippen molar-refractivity contribution in [2.45, 2.75) is 24.3 Å². The van der Waals surface area contributed by atoms with Gasteiger partial charge in [0.05, 0.1) is 6.10 Å². The minimum atomic E-state index is 0.142. The Balaban J connectivity index is 2.42. The molecule has 0 fully saturated rings.